The summed E-state index contributed by atoms with van der Waals surface area (Å²) in [5.74, 6) is 1.08. The molecule has 0 saturated carbocycles. The Labute approximate surface area is 181 Å². The quantitative estimate of drug-likeness (QED) is 0.731. The van der Waals surface area contributed by atoms with Crippen LogP contribution in [0.4, 0.5) is 0 Å². The molecular formula is C21H23ClN2O5S. The monoisotopic (exact) mass is 450 g/mol. The summed E-state index contributed by atoms with van der Waals surface area (Å²) in [4.78, 5) is 12.5. The van der Waals surface area contributed by atoms with Crippen molar-refractivity contribution in [3.63, 3.8) is 0 Å². The Hall–Kier alpha value is -2.29. The first-order valence-electron chi connectivity index (χ1n) is 9.79. The second kappa shape index (κ2) is 8.83. The summed E-state index contributed by atoms with van der Waals surface area (Å²) in [7, 11) is -3.43. The molecule has 30 heavy (non-hydrogen) atoms. The highest BCUT2D eigenvalue weighted by Crippen LogP contribution is 2.32. The maximum atomic E-state index is 12.7. The fraction of sp³-hybridized carbons (Fsp3) is 0.381. The molecule has 9 heteroatoms. The van der Waals surface area contributed by atoms with Gasteiger partial charge in [-0.15, -0.1) is 0 Å². The molecule has 0 spiro atoms. The van der Waals surface area contributed by atoms with Crippen LogP contribution in [0.15, 0.2) is 42.5 Å². The molecule has 2 aliphatic rings. The Bertz CT molecular complexity index is 1020. The summed E-state index contributed by atoms with van der Waals surface area (Å²) >= 11 is 5.86. The van der Waals surface area contributed by atoms with Crippen molar-refractivity contribution >= 4 is 27.5 Å². The molecule has 4 rings (SSSR count). The number of benzene rings is 2. The van der Waals surface area contributed by atoms with Gasteiger partial charge in [-0.1, -0.05) is 29.8 Å². The normalized spacial score (nSPS) is 17.1. The molecule has 2 aliphatic heterocycles. The lowest BCUT2D eigenvalue weighted by molar-refractivity contribution is -0.126. The molecule has 0 bridgehead atoms. The molecule has 2 aromatic rings. The summed E-state index contributed by atoms with van der Waals surface area (Å²) in [6.45, 7) is 1.30. The number of nitrogens with one attached hydrogen (secondary N) is 1. The molecule has 160 valence electrons. The Morgan fingerprint density at radius 2 is 1.70 bits per heavy atom. The molecule has 0 aromatic heterocycles. The third-order valence-electron chi connectivity index (χ3n) is 5.38. The Kier molecular flexibility index (Phi) is 6.17. The van der Waals surface area contributed by atoms with Gasteiger partial charge in [0.15, 0.2) is 11.5 Å². The molecule has 0 atom stereocenters. The topological polar surface area (TPSA) is 84.9 Å². The standard InChI is InChI=1S/C21H23ClN2O5S/c22-18-4-1-15(2-5-18)13-30(26,27)24-9-7-17(8-10-24)21(25)23-12-16-3-6-19-20(11-16)29-14-28-19/h1-6,11,17H,7-10,12-14H2,(H,23,25). The van der Waals surface area contributed by atoms with Crippen molar-refractivity contribution in [1.82, 2.24) is 9.62 Å². The highest BCUT2D eigenvalue weighted by atomic mass is 35.5. The zero-order chi connectivity index (χ0) is 21.1. The first-order valence-corrected chi connectivity index (χ1v) is 11.8. The average molecular weight is 451 g/mol. The first-order chi connectivity index (χ1) is 14.4. The minimum atomic E-state index is -3.43. The third-order valence-corrected chi connectivity index (χ3v) is 7.49. The lowest BCUT2D eigenvalue weighted by Crippen LogP contribution is -2.43. The maximum absolute atomic E-state index is 12.7. The van der Waals surface area contributed by atoms with E-state index in [0.717, 1.165) is 5.56 Å². The minimum absolute atomic E-state index is 0.0533. The van der Waals surface area contributed by atoms with Crippen LogP contribution >= 0.6 is 11.6 Å². The summed E-state index contributed by atoms with van der Waals surface area (Å²) in [5.41, 5.74) is 1.62. The highest BCUT2D eigenvalue weighted by Gasteiger charge is 2.31. The van der Waals surface area contributed by atoms with E-state index in [9.17, 15) is 13.2 Å². The van der Waals surface area contributed by atoms with Gasteiger partial charge >= 0.3 is 0 Å². The number of hydrogen-bond acceptors (Lipinski definition) is 5. The number of fused-ring (bicyclic) bond motifs is 1. The van der Waals surface area contributed by atoms with E-state index in [0.29, 0.717) is 54.6 Å². The molecule has 1 amide bonds. The van der Waals surface area contributed by atoms with Gasteiger partial charge in [0, 0.05) is 30.6 Å². The van der Waals surface area contributed by atoms with Crippen LogP contribution in [-0.2, 0) is 27.1 Å². The van der Waals surface area contributed by atoms with E-state index in [4.69, 9.17) is 21.1 Å². The van der Waals surface area contributed by atoms with E-state index in [2.05, 4.69) is 5.32 Å². The van der Waals surface area contributed by atoms with Crippen LogP contribution in [0, 0.1) is 5.92 Å². The molecule has 1 N–H and O–H groups in total. The number of halogens is 1. The molecule has 0 unspecified atom stereocenters. The van der Waals surface area contributed by atoms with Gasteiger partial charge in [-0.25, -0.2) is 12.7 Å². The lowest BCUT2D eigenvalue weighted by Gasteiger charge is -2.30. The van der Waals surface area contributed by atoms with Crippen molar-refractivity contribution in [2.75, 3.05) is 19.9 Å². The van der Waals surface area contributed by atoms with E-state index in [1.807, 2.05) is 18.2 Å². The number of rotatable bonds is 6. The van der Waals surface area contributed by atoms with Gasteiger partial charge in [0.25, 0.3) is 0 Å². The van der Waals surface area contributed by atoms with Crippen LogP contribution in [0.1, 0.15) is 24.0 Å². The number of hydrogen-bond donors (Lipinski definition) is 1. The van der Waals surface area contributed by atoms with Crippen LogP contribution in [0.25, 0.3) is 0 Å². The van der Waals surface area contributed by atoms with Crippen molar-refractivity contribution in [3.8, 4) is 11.5 Å². The van der Waals surface area contributed by atoms with Crippen molar-refractivity contribution in [1.29, 1.82) is 0 Å². The molecule has 2 aromatic carbocycles. The fourth-order valence-electron chi connectivity index (χ4n) is 3.66. The fourth-order valence-corrected chi connectivity index (χ4v) is 5.35. The summed E-state index contributed by atoms with van der Waals surface area (Å²) < 4.78 is 37.5. The smallest absolute Gasteiger partial charge is 0.231 e. The second-order valence-corrected chi connectivity index (χ2v) is 9.87. The van der Waals surface area contributed by atoms with E-state index in [-0.39, 0.29) is 24.4 Å². The predicted molar refractivity (Wildman–Crippen MR) is 113 cm³/mol. The van der Waals surface area contributed by atoms with Crippen LogP contribution in [0.2, 0.25) is 5.02 Å². The van der Waals surface area contributed by atoms with Gasteiger partial charge in [-0.3, -0.25) is 4.79 Å². The van der Waals surface area contributed by atoms with Crippen LogP contribution in [0.3, 0.4) is 0 Å². The van der Waals surface area contributed by atoms with Gasteiger partial charge < -0.3 is 14.8 Å². The highest BCUT2D eigenvalue weighted by molar-refractivity contribution is 7.88. The molecule has 7 nitrogen and oxygen atoms in total. The van der Waals surface area contributed by atoms with E-state index in [1.165, 1.54) is 4.31 Å². The van der Waals surface area contributed by atoms with Gasteiger partial charge in [0.1, 0.15) is 0 Å². The molecular weight excluding hydrogens is 428 g/mol. The number of nitrogens with zero attached hydrogens (tertiary/aromatic N) is 1. The van der Waals surface area contributed by atoms with Gasteiger partial charge in [-0.05, 0) is 48.2 Å². The van der Waals surface area contributed by atoms with Gasteiger partial charge in [0.2, 0.25) is 22.7 Å². The largest absolute Gasteiger partial charge is 0.454 e. The number of carbonyl (C=O) groups is 1. The Balaban J connectivity index is 1.27. The average Bonchev–Trinajstić information content (AvgIpc) is 3.21. The van der Waals surface area contributed by atoms with Crippen LogP contribution < -0.4 is 14.8 Å². The minimum Gasteiger partial charge on any atom is -0.454 e. The Morgan fingerprint density at radius 3 is 2.43 bits per heavy atom. The number of amides is 1. The van der Waals surface area contributed by atoms with Crippen molar-refractivity contribution in [2.24, 2.45) is 5.92 Å². The Morgan fingerprint density at radius 1 is 1.03 bits per heavy atom. The molecule has 1 fully saturated rings. The molecule has 1 saturated heterocycles. The number of sulfonamides is 1. The van der Waals surface area contributed by atoms with E-state index in [1.54, 1.807) is 24.3 Å². The zero-order valence-corrected chi connectivity index (χ0v) is 17.9. The second-order valence-electron chi connectivity index (χ2n) is 7.46. The molecule has 0 radical (unpaired) electrons. The number of piperidine rings is 1. The van der Waals surface area contributed by atoms with Crippen LogP contribution in [0.5, 0.6) is 11.5 Å². The van der Waals surface area contributed by atoms with Crippen molar-refractivity contribution in [2.45, 2.75) is 25.1 Å². The van der Waals surface area contributed by atoms with Crippen LogP contribution in [-0.4, -0.2) is 38.5 Å². The third kappa shape index (κ3) is 4.88. The zero-order valence-electron chi connectivity index (χ0n) is 16.3. The summed E-state index contributed by atoms with van der Waals surface area (Å²) in [5, 5.41) is 3.52. The van der Waals surface area contributed by atoms with Gasteiger partial charge in [-0.2, -0.15) is 0 Å². The van der Waals surface area contributed by atoms with Crippen molar-refractivity contribution < 1.29 is 22.7 Å². The SMILES string of the molecule is O=C(NCc1ccc2c(c1)OCO2)C1CCN(S(=O)(=O)Cc2ccc(Cl)cc2)CC1. The molecule has 0 aliphatic carbocycles. The van der Waals surface area contributed by atoms with E-state index >= 15 is 0 Å². The maximum Gasteiger partial charge on any atom is 0.231 e. The number of carbonyl (C=O) groups excluding carboxylic acids is 1. The summed E-state index contributed by atoms with van der Waals surface area (Å²) in [6.07, 6.45) is 1.01. The predicted octanol–water partition coefficient (Wildman–Crippen LogP) is 2.93. The lowest BCUT2D eigenvalue weighted by atomic mass is 9.97. The number of ether oxygens (including phenoxy) is 2. The molecule has 2 heterocycles. The first kappa shape index (κ1) is 21.0. The summed E-state index contributed by atoms with van der Waals surface area (Å²) in [6, 6.07) is 12.4. The van der Waals surface area contributed by atoms with Gasteiger partial charge in [0.05, 0.1) is 5.75 Å². The van der Waals surface area contributed by atoms with E-state index < -0.39 is 10.0 Å². The van der Waals surface area contributed by atoms with Crippen molar-refractivity contribution in [3.05, 3.63) is 58.6 Å².